The highest BCUT2D eigenvalue weighted by Gasteiger charge is 2.18. The number of benzene rings is 1. The second-order valence-corrected chi connectivity index (χ2v) is 3.44. The molecule has 0 aliphatic heterocycles. The number of carbonyl (C=O) groups excluding carboxylic acids is 1. The first-order chi connectivity index (χ1) is 7.63. The molecular weight excluding hydrogens is 206 g/mol. The van der Waals surface area contributed by atoms with Crippen molar-refractivity contribution >= 4 is 5.78 Å². The first-order valence-corrected chi connectivity index (χ1v) is 5.03. The molecule has 0 saturated carbocycles. The van der Waals surface area contributed by atoms with Crippen molar-refractivity contribution in [2.45, 2.75) is 13.0 Å². The fourth-order valence-electron chi connectivity index (χ4n) is 1.63. The molecule has 0 aromatic heterocycles. The normalized spacial score (nSPS) is 12.0. The van der Waals surface area contributed by atoms with Crippen LogP contribution in [0, 0.1) is 0 Å². The molecule has 0 aliphatic rings. The van der Waals surface area contributed by atoms with Crippen LogP contribution in [0.1, 0.15) is 18.5 Å². The van der Waals surface area contributed by atoms with Gasteiger partial charge in [0.1, 0.15) is 11.5 Å². The summed E-state index contributed by atoms with van der Waals surface area (Å²) in [5.74, 6) is 1.40. The minimum atomic E-state index is -0.346. The Morgan fingerprint density at radius 1 is 1.31 bits per heavy atom. The Morgan fingerprint density at radius 2 is 2.00 bits per heavy atom. The Labute approximate surface area is 95.6 Å². The van der Waals surface area contributed by atoms with Crippen LogP contribution < -0.4 is 14.8 Å². The van der Waals surface area contributed by atoms with Crippen molar-refractivity contribution in [3.8, 4) is 11.5 Å². The van der Waals surface area contributed by atoms with E-state index in [0.717, 1.165) is 5.56 Å². The van der Waals surface area contributed by atoms with Gasteiger partial charge < -0.3 is 14.8 Å². The van der Waals surface area contributed by atoms with E-state index in [2.05, 4.69) is 5.32 Å². The van der Waals surface area contributed by atoms with Gasteiger partial charge >= 0.3 is 0 Å². The largest absolute Gasteiger partial charge is 0.497 e. The SMILES string of the molecule is CNC(C(C)=O)c1ccc(OC)cc1OC. The van der Waals surface area contributed by atoms with Crippen LogP contribution in [0.15, 0.2) is 18.2 Å². The van der Waals surface area contributed by atoms with Crippen molar-refractivity contribution in [2.24, 2.45) is 0 Å². The van der Waals surface area contributed by atoms with Gasteiger partial charge in [-0.25, -0.2) is 0 Å². The maximum Gasteiger partial charge on any atom is 0.151 e. The van der Waals surface area contributed by atoms with E-state index in [1.54, 1.807) is 34.3 Å². The lowest BCUT2D eigenvalue weighted by Gasteiger charge is -2.17. The van der Waals surface area contributed by atoms with Crippen LogP contribution in [0.4, 0.5) is 0 Å². The molecular formula is C12H17NO3. The lowest BCUT2D eigenvalue weighted by Crippen LogP contribution is -2.23. The maximum atomic E-state index is 11.4. The summed E-state index contributed by atoms with van der Waals surface area (Å²) >= 11 is 0. The van der Waals surface area contributed by atoms with Gasteiger partial charge in [0.2, 0.25) is 0 Å². The van der Waals surface area contributed by atoms with Gasteiger partial charge in [-0.15, -0.1) is 0 Å². The van der Waals surface area contributed by atoms with Crippen LogP contribution in [0.25, 0.3) is 0 Å². The van der Waals surface area contributed by atoms with Gasteiger partial charge in [-0.05, 0) is 26.1 Å². The molecule has 1 atom stereocenters. The van der Waals surface area contributed by atoms with Crippen molar-refractivity contribution in [3.63, 3.8) is 0 Å². The molecule has 4 nitrogen and oxygen atoms in total. The van der Waals surface area contributed by atoms with Gasteiger partial charge in [-0.2, -0.15) is 0 Å². The fourth-order valence-corrected chi connectivity index (χ4v) is 1.63. The van der Waals surface area contributed by atoms with Crippen molar-refractivity contribution in [2.75, 3.05) is 21.3 Å². The molecule has 0 radical (unpaired) electrons. The summed E-state index contributed by atoms with van der Waals surface area (Å²) in [6.07, 6.45) is 0. The van der Waals surface area contributed by atoms with Crippen molar-refractivity contribution in [1.29, 1.82) is 0 Å². The third kappa shape index (κ3) is 2.52. The topological polar surface area (TPSA) is 47.6 Å². The predicted molar refractivity (Wildman–Crippen MR) is 62.0 cm³/mol. The minimum absolute atomic E-state index is 0.0472. The highest BCUT2D eigenvalue weighted by molar-refractivity contribution is 5.83. The number of hydrogen-bond acceptors (Lipinski definition) is 4. The number of rotatable bonds is 5. The number of nitrogens with one attached hydrogen (secondary N) is 1. The Hall–Kier alpha value is -1.55. The summed E-state index contributed by atoms with van der Waals surface area (Å²) in [4.78, 5) is 11.4. The summed E-state index contributed by atoms with van der Waals surface area (Å²) in [7, 11) is 4.91. The number of carbonyl (C=O) groups is 1. The number of Topliss-reactive ketones (excluding diaryl/α,β-unsaturated/α-hetero) is 1. The molecule has 0 amide bonds. The maximum absolute atomic E-state index is 11.4. The van der Waals surface area contributed by atoms with Crippen molar-refractivity contribution in [1.82, 2.24) is 5.32 Å². The van der Waals surface area contributed by atoms with Gasteiger partial charge in [-0.3, -0.25) is 4.79 Å². The number of methoxy groups -OCH3 is 2. The summed E-state index contributed by atoms with van der Waals surface area (Å²) in [5.41, 5.74) is 0.818. The van der Waals surface area contributed by atoms with Crippen LogP contribution >= 0.6 is 0 Å². The molecule has 88 valence electrons. The van der Waals surface area contributed by atoms with E-state index in [0.29, 0.717) is 11.5 Å². The van der Waals surface area contributed by atoms with Crippen LogP contribution in [-0.4, -0.2) is 27.1 Å². The molecule has 1 N–H and O–H groups in total. The van der Waals surface area contributed by atoms with Crippen molar-refractivity contribution < 1.29 is 14.3 Å². The first-order valence-electron chi connectivity index (χ1n) is 5.03. The smallest absolute Gasteiger partial charge is 0.151 e. The third-order valence-corrected chi connectivity index (χ3v) is 2.45. The molecule has 4 heteroatoms. The number of likely N-dealkylation sites (N-methyl/N-ethyl adjacent to an activating group) is 1. The average molecular weight is 223 g/mol. The van der Waals surface area contributed by atoms with E-state index in [9.17, 15) is 4.79 Å². The number of ether oxygens (including phenoxy) is 2. The summed E-state index contributed by atoms with van der Waals surface area (Å²) in [6, 6.07) is 5.06. The van der Waals surface area contributed by atoms with Crippen molar-refractivity contribution in [3.05, 3.63) is 23.8 Å². The Bertz CT molecular complexity index is 377. The second-order valence-electron chi connectivity index (χ2n) is 3.44. The van der Waals surface area contributed by atoms with E-state index in [-0.39, 0.29) is 11.8 Å². The monoisotopic (exact) mass is 223 g/mol. The highest BCUT2D eigenvalue weighted by atomic mass is 16.5. The Morgan fingerprint density at radius 3 is 2.44 bits per heavy atom. The molecule has 0 spiro atoms. The van der Waals surface area contributed by atoms with E-state index >= 15 is 0 Å². The van der Waals surface area contributed by atoms with Gasteiger partial charge in [-0.1, -0.05) is 0 Å². The second kappa shape index (κ2) is 5.51. The van der Waals surface area contributed by atoms with Crippen LogP contribution in [0.5, 0.6) is 11.5 Å². The molecule has 0 saturated heterocycles. The lowest BCUT2D eigenvalue weighted by atomic mass is 10.0. The minimum Gasteiger partial charge on any atom is -0.497 e. The zero-order valence-electron chi connectivity index (χ0n) is 10.0. The summed E-state index contributed by atoms with van der Waals surface area (Å²) in [6.45, 7) is 1.55. The highest BCUT2D eigenvalue weighted by Crippen LogP contribution is 2.29. The quantitative estimate of drug-likeness (QED) is 0.822. The zero-order chi connectivity index (χ0) is 12.1. The Balaban J connectivity index is 3.16. The zero-order valence-corrected chi connectivity index (χ0v) is 10.0. The third-order valence-electron chi connectivity index (χ3n) is 2.45. The first kappa shape index (κ1) is 12.5. The van der Waals surface area contributed by atoms with Gasteiger partial charge in [0.25, 0.3) is 0 Å². The Kier molecular flexibility index (Phi) is 4.31. The predicted octanol–water partition coefficient (Wildman–Crippen LogP) is 1.55. The molecule has 1 aromatic carbocycles. The summed E-state index contributed by atoms with van der Waals surface area (Å²) in [5, 5.41) is 2.96. The van der Waals surface area contributed by atoms with E-state index in [1.165, 1.54) is 0 Å². The number of hydrogen-bond donors (Lipinski definition) is 1. The fraction of sp³-hybridized carbons (Fsp3) is 0.417. The van der Waals surface area contributed by atoms with Gasteiger partial charge in [0.05, 0.1) is 20.3 Å². The van der Waals surface area contributed by atoms with E-state index < -0.39 is 0 Å². The molecule has 1 rings (SSSR count). The standard InChI is InChI=1S/C12H17NO3/c1-8(14)12(13-2)10-6-5-9(15-3)7-11(10)16-4/h5-7,12-13H,1-4H3. The van der Waals surface area contributed by atoms with Crippen LogP contribution in [0.2, 0.25) is 0 Å². The molecule has 0 bridgehead atoms. The van der Waals surface area contributed by atoms with E-state index in [4.69, 9.17) is 9.47 Å². The van der Waals surface area contributed by atoms with Gasteiger partial charge in [0, 0.05) is 11.6 Å². The number of ketones is 1. The molecule has 16 heavy (non-hydrogen) atoms. The lowest BCUT2D eigenvalue weighted by molar-refractivity contribution is -0.119. The molecule has 1 unspecified atom stereocenters. The van der Waals surface area contributed by atoms with E-state index in [1.807, 2.05) is 12.1 Å². The molecule has 0 heterocycles. The summed E-state index contributed by atoms with van der Waals surface area (Å²) < 4.78 is 10.3. The average Bonchev–Trinajstić information content (AvgIpc) is 2.29. The molecule has 0 aliphatic carbocycles. The molecule has 0 fully saturated rings. The molecule has 1 aromatic rings. The van der Waals surface area contributed by atoms with Crippen LogP contribution in [-0.2, 0) is 4.79 Å². The van der Waals surface area contributed by atoms with Crippen LogP contribution in [0.3, 0.4) is 0 Å². The van der Waals surface area contributed by atoms with Gasteiger partial charge in [0.15, 0.2) is 5.78 Å².